The third kappa shape index (κ3) is 7.23. The highest BCUT2D eigenvalue weighted by Crippen LogP contribution is 2.43. The Kier molecular flexibility index (Phi) is 9.68. The minimum atomic E-state index is 1.08. The van der Waals surface area contributed by atoms with Gasteiger partial charge in [-0.3, -0.25) is 0 Å². The van der Waals surface area contributed by atoms with E-state index in [1.165, 1.54) is 77.5 Å². The summed E-state index contributed by atoms with van der Waals surface area (Å²) in [6.07, 6.45) is 0. The zero-order valence-electron chi connectivity index (χ0n) is 32.6. The first-order chi connectivity index (χ1) is 29.3. The van der Waals surface area contributed by atoms with Crippen molar-refractivity contribution in [2.24, 2.45) is 0 Å². The van der Waals surface area contributed by atoms with Gasteiger partial charge in [0.25, 0.3) is 0 Å². The molecule has 10 aromatic rings. The van der Waals surface area contributed by atoms with Gasteiger partial charge < -0.3 is 4.90 Å². The average Bonchev–Trinajstić information content (AvgIpc) is 3.33. The summed E-state index contributed by atoms with van der Waals surface area (Å²) in [7, 11) is 0. The fraction of sp³-hybridized carbons (Fsp3) is 0. The number of nitrogens with zero attached hydrogens (tertiary/aromatic N) is 1. The standard InChI is InChI=1S/C58H41N/c1-4-17-42(18-5-1)48-39-49(43-19-6-2-7-20-43)41-52(40-48)59(50-35-31-46(32-36-50)54-30-16-24-45-23-10-11-25-53(45)54)51-37-33-47(34-38-51)56-27-13-15-29-58(56)57-28-14-12-26-55(57)44-21-8-3-9-22-44/h1-41H. The maximum Gasteiger partial charge on any atom is 0.0473 e. The summed E-state index contributed by atoms with van der Waals surface area (Å²) in [6, 6.07) is 89.8. The van der Waals surface area contributed by atoms with Crippen LogP contribution in [0.4, 0.5) is 17.1 Å². The van der Waals surface area contributed by atoms with E-state index in [9.17, 15) is 0 Å². The first kappa shape index (κ1) is 35.7. The van der Waals surface area contributed by atoms with Crippen LogP contribution in [0.5, 0.6) is 0 Å². The van der Waals surface area contributed by atoms with E-state index in [0.29, 0.717) is 0 Å². The second kappa shape index (κ2) is 16.0. The van der Waals surface area contributed by atoms with Gasteiger partial charge in [-0.05, 0) is 120 Å². The van der Waals surface area contributed by atoms with Crippen molar-refractivity contribution in [3.05, 3.63) is 249 Å². The maximum absolute atomic E-state index is 2.39. The molecular formula is C58H41N. The lowest BCUT2D eigenvalue weighted by molar-refractivity contribution is 1.28. The summed E-state index contributed by atoms with van der Waals surface area (Å²) in [5.41, 5.74) is 17.6. The summed E-state index contributed by atoms with van der Waals surface area (Å²) in [6.45, 7) is 0. The Morgan fingerprint density at radius 3 is 1.10 bits per heavy atom. The molecule has 0 unspecified atom stereocenters. The normalized spacial score (nSPS) is 11.1. The van der Waals surface area contributed by atoms with E-state index >= 15 is 0 Å². The zero-order chi connectivity index (χ0) is 39.4. The second-order valence-corrected chi connectivity index (χ2v) is 14.9. The average molecular weight is 752 g/mol. The van der Waals surface area contributed by atoms with E-state index in [1.54, 1.807) is 0 Å². The Morgan fingerprint density at radius 2 is 0.576 bits per heavy atom. The van der Waals surface area contributed by atoms with Crippen LogP contribution in [0, 0.1) is 0 Å². The molecule has 0 N–H and O–H groups in total. The number of hydrogen-bond donors (Lipinski definition) is 0. The Bertz CT molecular complexity index is 2940. The van der Waals surface area contributed by atoms with Crippen LogP contribution < -0.4 is 4.90 Å². The van der Waals surface area contributed by atoms with Gasteiger partial charge in [-0.1, -0.05) is 206 Å². The number of rotatable bonds is 9. The Morgan fingerprint density at radius 1 is 0.203 bits per heavy atom. The van der Waals surface area contributed by atoms with Crippen LogP contribution in [0.1, 0.15) is 0 Å². The molecule has 0 aliphatic rings. The van der Waals surface area contributed by atoms with Gasteiger partial charge in [-0.25, -0.2) is 0 Å². The van der Waals surface area contributed by atoms with Crippen molar-refractivity contribution in [1.82, 2.24) is 0 Å². The molecule has 0 heterocycles. The lowest BCUT2D eigenvalue weighted by Crippen LogP contribution is -2.10. The molecule has 0 atom stereocenters. The second-order valence-electron chi connectivity index (χ2n) is 14.9. The molecule has 0 aliphatic heterocycles. The highest BCUT2D eigenvalue weighted by atomic mass is 15.1. The summed E-state index contributed by atoms with van der Waals surface area (Å²) >= 11 is 0. The zero-order valence-corrected chi connectivity index (χ0v) is 32.6. The van der Waals surface area contributed by atoms with Crippen molar-refractivity contribution >= 4 is 27.8 Å². The summed E-state index contributed by atoms with van der Waals surface area (Å²) in [5.74, 6) is 0. The predicted octanol–water partition coefficient (Wildman–Crippen LogP) is 16.3. The molecule has 59 heavy (non-hydrogen) atoms. The Hall–Kier alpha value is -7.74. The lowest BCUT2D eigenvalue weighted by atomic mass is 9.89. The largest absolute Gasteiger partial charge is 0.310 e. The molecule has 0 bridgehead atoms. The van der Waals surface area contributed by atoms with Crippen molar-refractivity contribution in [3.8, 4) is 66.8 Å². The Balaban J connectivity index is 1.11. The molecule has 0 amide bonds. The highest BCUT2D eigenvalue weighted by Gasteiger charge is 2.18. The smallest absolute Gasteiger partial charge is 0.0473 e. The molecule has 1 nitrogen and oxygen atoms in total. The van der Waals surface area contributed by atoms with Gasteiger partial charge in [0.1, 0.15) is 0 Å². The molecule has 10 aromatic carbocycles. The highest BCUT2D eigenvalue weighted by molar-refractivity contribution is 5.97. The quantitative estimate of drug-likeness (QED) is 0.142. The van der Waals surface area contributed by atoms with Gasteiger partial charge in [0.2, 0.25) is 0 Å². The molecule has 0 fully saturated rings. The summed E-state index contributed by atoms with van der Waals surface area (Å²) in [4.78, 5) is 2.39. The molecule has 1 heteroatoms. The summed E-state index contributed by atoms with van der Waals surface area (Å²) < 4.78 is 0. The van der Waals surface area contributed by atoms with E-state index in [2.05, 4.69) is 254 Å². The van der Waals surface area contributed by atoms with E-state index in [0.717, 1.165) is 17.1 Å². The molecule has 0 saturated carbocycles. The summed E-state index contributed by atoms with van der Waals surface area (Å²) in [5, 5.41) is 2.50. The van der Waals surface area contributed by atoms with Crippen molar-refractivity contribution in [2.45, 2.75) is 0 Å². The molecule has 0 saturated heterocycles. The monoisotopic (exact) mass is 751 g/mol. The van der Waals surface area contributed by atoms with Crippen molar-refractivity contribution < 1.29 is 0 Å². The van der Waals surface area contributed by atoms with Crippen LogP contribution >= 0.6 is 0 Å². The van der Waals surface area contributed by atoms with Crippen molar-refractivity contribution in [1.29, 1.82) is 0 Å². The SMILES string of the molecule is c1ccc(-c2cc(-c3ccccc3)cc(N(c3ccc(-c4ccccc4-c4ccccc4-c4ccccc4)cc3)c3ccc(-c4cccc5ccccc45)cc3)c2)cc1. The maximum atomic E-state index is 2.39. The van der Waals surface area contributed by atoms with Gasteiger partial charge in [0.15, 0.2) is 0 Å². The van der Waals surface area contributed by atoms with Crippen LogP contribution in [0.3, 0.4) is 0 Å². The minimum absolute atomic E-state index is 1.08. The fourth-order valence-corrected chi connectivity index (χ4v) is 8.40. The Labute approximate surface area is 346 Å². The van der Waals surface area contributed by atoms with Crippen LogP contribution in [0.2, 0.25) is 0 Å². The van der Waals surface area contributed by atoms with Gasteiger partial charge in [0.05, 0.1) is 0 Å². The van der Waals surface area contributed by atoms with Crippen LogP contribution in [-0.2, 0) is 0 Å². The third-order valence-corrected chi connectivity index (χ3v) is 11.3. The van der Waals surface area contributed by atoms with Gasteiger partial charge in [0, 0.05) is 17.1 Å². The minimum Gasteiger partial charge on any atom is -0.310 e. The number of benzene rings is 10. The topological polar surface area (TPSA) is 3.24 Å². The van der Waals surface area contributed by atoms with E-state index in [1.807, 2.05) is 0 Å². The van der Waals surface area contributed by atoms with E-state index < -0.39 is 0 Å². The van der Waals surface area contributed by atoms with Crippen LogP contribution in [0.25, 0.3) is 77.5 Å². The molecule has 278 valence electrons. The number of hydrogen-bond acceptors (Lipinski definition) is 1. The van der Waals surface area contributed by atoms with Gasteiger partial charge in [-0.2, -0.15) is 0 Å². The molecule has 10 rings (SSSR count). The van der Waals surface area contributed by atoms with Gasteiger partial charge >= 0.3 is 0 Å². The number of fused-ring (bicyclic) bond motifs is 1. The molecule has 0 spiro atoms. The van der Waals surface area contributed by atoms with Crippen molar-refractivity contribution in [3.63, 3.8) is 0 Å². The molecular weight excluding hydrogens is 711 g/mol. The van der Waals surface area contributed by atoms with E-state index in [4.69, 9.17) is 0 Å². The lowest BCUT2D eigenvalue weighted by Gasteiger charge is -2.27. The van der Waals surface area contributed by atoms with E-state index in [-0.39, 0.29) is 0 Å². The fourth-order valence-electron chi connectivity index (χ4n) is 8.40. The first-order valence-electron chi connectivity index (χ1n) is 20.3. The molecule has 0 aromatic heterocycles. The van der Waals surface area contributed by atoms with Crippen molar-refractivity contribution in [2.75, 3.05) is 4.90 Å². The first-order valence-corrected chi connectivity index (χ1v) is 20.3. The van der Waals surface area contributed by atoms with Crippen LogP contribution in [0.15, 0.2) is 249 Å². The number of anilines is 3. The third-order valence-electron chi connectivity index (χ3n) is 11.3. The predicted molar refractivity (Wildman–Crippen MR) is 251 cm³/mol. The van der Waals surface area contributed by atoms with Crippen LogP contribution in [-0.4, -0.2) is 0 Å². The molecule has 0 aliphatic carbocycles. The van der Waals surface area contributed by atoms with Gasteiger partial charge in [-0.15, -0.1) is 0 Å². The molecule has 0 radical (unpaired) electrons.